The highest BCUT2D eigenvalue weighted by Gasteiger charge is 2.07. The number of hydrogen-bond acceptors (Lipinski definition) is 3. The molecule has 0 aliphatic heterocycles. The van der Waals surface area contributed by atoms with Gasteiger partial charge in [0.15, 0.2) is 0 Å². The van der Waals surface area contributed by atoms with Gasteiger partial charge in [-0.1, -0.05) is 11.2 Å². The third-order valence-corrected chi connectivity index (χ3v) is 3.29. The minimum Gasteiger partial charge on any atom is -0.616 e. The van der Waals surface area contributed by atoms with Crippen LogP contribution in [0.2, 0.25) is 0 Å². The van der Waals surface area contributed by atoms with Gasteiger partial charge in [0.05, 0.1) is 5.75 Å². The Hall–Kier alpha value is 0.220. The van der Waals surface area contributed by atoms with E-state index in [-0.39, 0.29) is 12.2 Å². The van der Waals surface area contributed by atoms with Gasteiger partial charge in [0, 0.05) is 6.42 Å². The summed E-state index contributed by atoms with van der Waals surface area (Å²) in [6.45, 7) is 1.77. The average molecular weight is 200 g/mol. The molecular formula is C5H12O4S2. The minimum atomic E-state index is -3.86. The Kier molecular flexibility index (Phi) is 5.07. The molecule has 11 heavy (non-hydrogen) atoms. The molecule has 0 spiro atoms. The fourth-order valence-corrected chi connectivity index (χ4v) is 1.99. The quantitative estimate of drug-likeness (QED) is 0.502. The van der Waals surface area contributed by atoms with Gasteiger partial charge >= 0.3 is 0 Å². The average Bonchev–Trinajstić information content (AvgIpc) is 1.85. The Morgan fingerprint density at radius 2 is 2.09 bits per heavy atom. The van der Waals surface area contributed by atoms with Gasteiger partial charge in [-0.05, 0) is 6.92 Å². The highest BCUT2D eigenvalue weighted by molar-refractivity contribution is 7.91. The van der Waals surface area contributed by atoms with Crippen LogP contribution in [0.25, 0.3) is 0 Å². The molecule has 0 aliphatic rings. The molecule has 0 amide bonds. The highest BCUT2D eigenvalue weighted by Crippen LogP contribution is 1.95. The summed E-state index contributed by atoms with van der Waals surface area (Å²) >= 11 is -0.937. The first-order chi connectivity index (χ1) is 4.95. The normalized spacial score (nSPS) is 14.8. The van der Waals surface area contributed by atoms with Crippen LogP contribution in [0.5, 0.6) is 0 Å². The maximum absolute atomic E-state index is 10.7. The van der Waals surface area contributed by atoms with Crippen molar-refractivity contribution in [1.29, 1.82) is 0 Å². The molecule has 0 rings (SSSR count). The lowest BCUT2D eigenvalue weighted by atomic mass is 10.6. The molecule has 1 N–H and O–H groups in total. The van der Waals surface area contributed by atoms with E-state index in [2.05, 4.69) is 0 Å². The van der Waals surface area contributed by atoms with E-state index in [1.54, 1.807) is 6.92 Å². The number of hydrogen-bond donors (Lipinski definition) is 1. The van der Waals surface area contributed by atoms with E-state index in [0.717, 1.165) is 0 Å². The summed E-state index contributed by atoms with van der Waals surface area (Å²) in [5.74, 6) is 0.584. The fourth-order valence-electron chi connectivity index (χ4n) is 0.547. The second kappa shape index (κ2) is 4.97. The van der Waals surface area contributed by atoms with Gasteiger partial charge < -0.3 is 4.55 Å². The lowest BCUT2D eigenvalue weighted by Gasteiger charge is -2.06. The lowest BCUT2D eigenvalue weighted by Crippen LogP contribution is -2.13. The molecule has 0 aromatic carbocycles. The Morgan fingerprint density at radius 1 is 1.55 bits per heavy atom. The van der Waals surface area contributed by atoms with Crippen LogP contribution < -0.4 is 0 Å². The molecule has 0 radical (unpaired) electrons. The van der Waals surface area contributed by atoms with E-state index in [1.165, 1.54) is 0 Å². The van der Waals surface area contributed by atoms with Gasteiger partial charge in [-0.2, -0.15) is 8.42 Å². The Bertz CT molecular complexity index is 187. The van der Waals surface area contributed by atoms with Crippen LogP contribution in [0.1, 0.15) is 13.3 Å². The molecule has 0 saturated carbocycles. The summed E-state index contributed by atoms with van der Waals surface area (Å²) in [5, 5.41) is 0. The van der Waals surface area contributed by atoms with Crippen LogP contribution in [-0.4, -0.2) is 34.8 Å². The van der Waals surface area contributed by atoms with Crippen molar-refractivity contribution in [2.75, 3.05) is 17.3 Å². The van der Waals surface area contributed by atoms with E-state index in [4.69, 9.17) is 4.55 Å². The van der Waals surface area contributed by atoms with Crippen molar-refractivity contribution in [2.45, 2.75) is 13.3 Å². The molecule has 0 aromatic rings. The SMILES string of the molecule is CC[S+]([O-])CCCS(=O)(=O)O. The van der Waals surface area contributed by atoms with Gasteiger partial charge in [0.2, 0.25) is 0 Å². The van der Waals surface area contributed by atoms with Crippen molar-refractivity contribution >= 4 is 21.3 Å². The van der Waals surface area contributed by atoms with E-state index in [1.807, 2.05) is 0 Å². The minimum absolute atomic E-state index is 0.263. The molecule has 1 unspecified atom stereocenters. The second-order valence-electron chi connectivity index (χ2n) is 2.07. The predicted octanol–water partition coefficient (Wildman–Crippen LogP) is 0.0329. The van der Waals surface area contributed by atoms with Crippen LogP contribution in [-0.2, 0) is 21.3 Å². The van der Waals surface area contributed by atoms with E-state index in [0.29, 0.717) is 11.5 Å². The standard InChI is InChI=1S/C5H12O4S2/c1-2-10(6)4-3-5-11(7,8)9/h2-5H2,1H3,(H,7,8,9). The van der Waals surface area contributed by atoms with Crippen molar-refractivity contribution in [2.24, 2.45) is 0 Å². The largest absolute Gasteiger partial charge is 0.616 e. The zero-order valence-corrected chi connectivity index (χ0v) is 7.95. The zero-order valence-electron chi connectivity index (χ0n) is 6.32. The molecule has 0 fully saturated rings. The molecule has 1 atom stereocenters. The summed E-state index contributed by atoms with van der Waals surface area (Å²) in [5.41, 5.74) is 0. The van der Waals surface area contributed by atoms with Crippen LogP contribution in [0.15, 0.2) is 0 Å². The molecule has 4 nitrogen and oxygen atoms in total. The molecule has 68 valence electrons. The van der Waals surface area contributed by atoms with Crippen molar-refractivity contribution in [3.8, 4) is 0 Å². The van der Waals surface area contributed by atoms with Gasteiger partial charge in [0.1, 0.15) is 11.5 Å². The van der Waals surface area contributed by atoms with E-state index < -0.39 is 21.3 Å². The lowest BCUT2D eigenvalue weighted by molar-refractivity contribution is 0.482. The Morgan fingerprint density at radius 3 is 2.45 bits per heavy atom. The van der Waals surface area contributed by atoms with Gasteiger partial charge in [-0.15, -0.1) is 0 Å². The van der Waals surface area contributed by atoms with Gasteiger partial charge in [-0.3, -0.25) is 4.55 Å². The summed E-state index contributed by atoms with van der Waals surface area (Å²) < 4.78 is 39.3. The first kappa shape index (κ1) is 11.2. The van der Waals surface area contributed by atoms with Crippen molar-refractivity contribution in [1.82, 2.24) is 0 Å². The van der Waals surface area contributed by atoms with Crippen molar-refractivity contribution < 1.29 is 17.5 Å². The second-order valence-corrected chi connectivity index (χ2v) is 5.51. The summed E-state index contributed by atoms with van der Waals surface area (Å²) in [7, 11) is -3.86. The van der Waals surface area contributed by atoms with Crippen LogP contribution in [0.4, 0.5) is 0 Å². The first-order valence-corrected chi connectivity index (χ1v) is 6.35. The zero-order chi connectivity index (χ0) is 8.91. The summed E-state index contributed by atoms with van der Waals surface area (Å²) in [4.78, 5) is 0. The van der Waals surface area contributed by atoms with Gasteiger partial charge in [0.25, 0.3) is 10.1 Å². The van der Waals surface area contributed by atoms with E-state index in [9.17, 15) is 13.0 Å². The first-order valence-electron chi connectivity index (χ1n) is 3.26. The Balaban J connectivity index is 3.43. The van der Waals surface area contributed by atoms with Crippen molar-refractivity contribution in [3.63, 3.8) is 0 Å². The summed E-state index contributed by atoms with van der Waals surface area (Å²) in [6, 6.07) is 0. The molecule has 6 heteroatoms. The van der Waals surface area contributed by atoms with Crippen LogP contribution in [0.3, 0.4) is 0 Å². The molecular weight excluding hydrogens is 188 g/mol. The third-order valence-electron chi connectivity index (χ3n) is 1.10. The molecule has 0 heterocycles. The Labute approximate surface area is 69.9 Å². The smallest absolute Gasteiger partial charge is 0.265 e. The predicted molar refractivity (Wildman–Crippen MR) is 44.6 cm³/mol. The fraction of sp³-hybridized carbons (Fsp3) is 1.00. The van der Waals surface area contributed by atoms with Crippen LogP contribution >= 0.6 is 0 Å². The molecule has 0 aliphatic carbocycles. The molecule has 0 saturated heterocycles. The maximum atomic E-state index is 10.7. The van der Waals surface area contributed by atoms with Crippen LogP contribution in [0, 0.1) is 0 Å². The third kappa shape index (κ3) is 8.12. The highest BCUT2D eigenvalue weighted by atomic mass is 32.2. The molecule has 0 bridgehead atoms. The monoisotopic (exact) mass is 200 g/mol. The van der Waals surface area contributed by atoms with E-state index >= 15 is 0 Å². The summed E-state index contributed by atoms with van der Waals surface area (Å²) in [6.07, 6.45) is 0.263. The number of rotatable bonds is 5. The maximum Gasteiger partial charge on any atom is 0.265 e. The topological polar surface area (TPSA) is 77.4 Å². The van der Waals surface area contributed by atoms with Gasteiger partial charge in [-0.25, -0.2) is 0 Å². The molecule has 0 aromatic heterocycles. The van der Waals surface area contributed by atoms with Crippen molar-refractivity contribution in [3.05, 3.63) is 0 Å².